The van der Waals surface area contributed by atoms with Gasteiger partial charge in [-0.25, -0.2) is 4.98 Å². The number of carbonyl (C=O) groups excluding carboxylic acids is 1. The monoisotopic (exact) mass is 500 g/mol. The number of likely N-dealkylation sites (N-methyl/N-ethyl adjacent to an activating group) is 1. The molecule has 1 atom stereocenters. The van der Waals surface area contributed by atoms with Crippen LogP contribution in [0.15, 0.2) is 72.9 Å². The van der Waals surface area contributed by atoms with Crippen molar-refractivity contribution in [2.45, 2.75) is 6.04 Å². The van der Waals surface area contributed by atoms with E-state index in [4.69, 9.17) is 11.6 Å². The number of aromatic nitrogens is 3. The third-order valence-electron chi connectivity index (χ3n) is 6.57. The largest absolute Gasteiger partial charge is 0.344 e. The molecular weight excluding hydrogens is 472 g/mol. The maximum Gasteiger partial charge on any atom is 0.252 e. The Balaban J connectivity index is 1.48. The van der Waals surface area contributed by atoms with Gasteiger partial charge >= 0.3 is 0 Å². The molecule has 1 saturated heterocycles. The lowest BCUT2D eigenvalue weighted by atomic mass is 10.0. The van der Waals surface area contributed by atoms with E-state index in [0.717, 1.165) is 54.9 Å². The van der Waals surface area contributed by atoms with Crippen molar-refractivity contribution in [3.8, 4) is 0 Å². The summed E-state index contributed by atoms with van der Waals surface area (Å²) in [6.07, 6.45) is 3.53. The Bertz CT molecular complexity index is 1360. The lowest BCUT2D eigenvalue weighted by molar-refractivity contribution is -0.116. The lowest BCUT2D eigenvalue weighted by Gasteiger charge is -2.35. The summed E-state index contributed by atoms with van der Waals surface area (Å²) in [5, 5.41) is 12.0. The quantitative estimate of drug-likeness (QED) is 0.371. The number of aromatic amines is 1. The standard InChI is InChI=1S/C28H29ClN6O/c1-34-13-15-35(16-14-34)19-26(20-7-3-2-4-8-20)31-28(36)24(21-9-5-10-22(29)17-21)18-25-23-11-6-12-30-27(23)33-32-25/h2-12,17-18,26H,13-16,19H2,1H3,(H,31,36)(H,30,32,33)/t26-/m1/s1. The molecule has 0 saturated carbocycles. The van der Waals surface area contributed by atoms with Crippen LogP contribution in [0.5, 0.6) is 0 Å². The number of benzene rings is 2. The number of rotatable bonds is 7. The number of pyridine rings is 1. The molecule has 1 aliphatic heterocycles. The van der Waals surface area contributed by atoms with Gasteiger partial charge in [-0.2, -0.15) is 5.10 Å². The van der Waals surface area contributed by atoms with Gasteiger partial charge in [0, 0.05) is 54.9 Å². The van der Waals surface area contributed by atoms with Crippen molar-refractivity contribution in [2.24, 2.45) is 0 Å². The van der Waals surface area contributed by atoms with Crippen LogP contribution < -0.4 is 5.32 Å². The maximum absolute atomic E-state index is 13.9. The summed E-state index contributed by atoms with van der Waals surface area (Å²) in [7, 11) is 2.14. The highest BCUT2D eigenvalue weighted by atomic mass is 35.5. The molecule has 1 aliphatic rings. The third kappa shape index (κ3) is 5.65. The number of H-pyrrole nitrogens is 1. The Morgan fingerprint density at radius 3 is 2.67 bits per heavy atom. The Morgan fingerprint density at radius 1 is 1.08 bits per heavy atom. The van der Waals surface area contributed by atoms with Gasteiger partial charge in [-0.3, -0.25) is 14.8 Å². The number of halogens is 1. The van der Waals surface area contributed by atoms with E-state index in [2.05, 4.69) is 49.5 Å². The van der Waals surface area contributed by atoms with Crippen LogP contribution in [0.4, 0.5) is 0 Å². The average molecular weight is 501 g/mol. The SMILES string of the molecule is CN1CCN(C[C@@H](NC(=O)C(=Cc2[nH]nc3ncccc23)c2cccc(Cl)c2)c2ccccc2)CC1. The molecule has 4 aromatic rings. The molecule has 5 rings (SSSR count). The number of hydrogen-bond donors (Lipinski definition) is 2. The van der Waals surface area contributed by atoms with Gasteiger partial charge in [0.2, 0.25) is 0 Å². The van der Waals surface area contributed by atoms with E-state index in [1.54, 1.807) is 12.3 Å². The predicted molar refractivity (Wildman–Crippen MR) is 144 cm³/mol. The molecule has 2 aromatic carbocycles. The van der Waals surface area contributed by atoms with Crippen LogP contribution in [0.2, 0.25) is 5.02 Å². The van der Waals surface area contributed by atoms with Crippen LogP contribution in [-0.4, -0.2) is 70.7 Å². The van der Waals surface area contributed by atoms with Gasteiger partial charge in [-0.1, -0.05) is 54.1 Å². The normalized spacial score (nSPS) is 16.2. The van der Waals surface area contributed by atoms with Crippen molar-refractivity contribution in [2.75, 3.05) is 39.8 Å². The molecule has 3 heterocycles. The topological polar surface area (TPSA) is 77.1 Å². The molecule has 2 aromatic heterocycles. The van der Waals surface area contributed by atoms with Crippen molar-refractivity contribution >= 4 is 40.2 Å². The van der Waals surface area contributed by atoms with Crippen LogP contribution in [0.3, 0.4) is 0 Å². The Labute approximate surface area is 215 Å². The minimum absolute atomic E-state index is 0.162. The Hall–Kier alpha value is -3.52. The van der Waals surface area contributed by atoms with Gasteiger partial charge in [0.15, 0.2) is 5.65 Å². The molecule has 0 bridgehead atoms. The van der Waals surface area contributed by atoms with E-state index >= 15 is 0 Å². The fraction of sp³-hybridized carbons (Fsp3) is 0.250. The molecule has 8 heteroatoms. The second-order valence-corrected chi connectivity index (χ2v) is 9.56. The first-order chi connectivity index (χ1) is 17.6. The Morgan fingerprint density at radius 2 is 1.89 bits per heavy atom. The zero-order valence-electron chi connectivity index (χ0n) is 20.2. The van der Waals surface area contributed by atoms with Crippen molar-refractivity contribution in [3.05, 3.63) is 94.8 Å². The van der Waals surface area contributed by atoms with Gasteiger partial charge < -0.3 is 10.2 Å². The molecule has 1 fully saturated rings. The van der Waals surface area contributed by atoms with Gasteiger partial charge in [0.05, 0.1) is 11.7 Å². The summed E-state index contributed by atoms with van der Waals surface area (Å²) >= 11 is 6.31. The molecule has 184 valence electrons. The maximum atomic E-state index is 13.9. The Kier molecular flexibility index (Phi) is 7.41. The number of nitrogens with zero attached hydrogens (tertiary/aromatic N) is 4. The van der Waals surface area contributed by atoms with Crippen LogP contribution in [0.25, 0.3) is 22.7 Å². The summed E-state index contributed by atoms with van der Waals surface area (Å²) in [4.78, 5) is 22.9. The second-order valence-electron chi connectivity index (χ2n) is 9.12. The van der Waals surface area contributed by atoms with E-state index in [1.165, 1.54) is 0 Å². The van der Waals surface area contributed by atoms with E-state index in [0.29, 0.717) is 16.2 Å². The molecule has 36 heavy (non-hydrogen) atoms. The van der Waals surface area contributed by atoms with Crippen molar-refractivity contribution in [3.63, 3.8) is 0 Å². The summed E-state index contributed by atoms with van der Waals surface area (Å²) in [5.41, 5.74) is 3.64. The predicted octanol–water partition coefficient (Wildman–Crippen LogP) is 4.26. The molecule has 7 nitrogen and oxygen atoms in total. The molecular formula is C28H29ClN6O. The van der Waals surface area contributed by atoms with Crippen LogP contribution in [-0.2, 0) is 4.79 Å². The van der Waals surface area contributed by atoms with Crippen molar-refractivity contribution in [1.82, 2.24) is 30.3 Å². The lowest BCUT2D eigenvalue weighted by Crippen LogP contribution is -2.47. The second kappa shape index (κ2) is 11.0. The smallest absolute Gasteiger partial charge is 0.252 e. The summed E-state index contributed by atoms with van der Waals surface area (Å²) in [6.45, 7) is 4.72. The highest BCUT2D eigenvalue weighted by molar-refractivity contribution is 6.31. The van der Waals surface area contributed by atoms with Gasteiger partial charge in [-0.15, -0.1) is 0 Å². The minimum Gasteiger partial charge on any atom is -0.344 e. The van der Waals surface area contributed by atoms with Crippen molar-refractivity contribution < 1.29 is 4.79 Å². The zero-order valence-corrected chi connectivity index (χ0v) is 20.9. The van der Waals surface area contributed by atoms with E-state index in [-0.39, 0.29) is 11.9 Å². The molecule has 1 amide bonds. The average Bonchev–Trinajstić information content (AvgIpc) is 3.31. The molecule has 0 spiro atoms. The first-order valence-corrected chi connectivity index (χ1v) is 12.5. The van der Waals surface area contributed by atoms with E-state index in [1.807, 2.05) is 54.6 Å². The van der Waals surface area contributed by atoms with Gasteiger partial charge in [0.1, 0.15) is 0 Å². The van der Waals surface area contributed by atoms with Crippen LogP contribution in [0.1, 0.15) is 22.9 Å². The number of nitrogens with one attached hydrogen (secondary N) is 2. The van der Waals surface area contributed by atoms with Crippen LogP contribution >= 0.6 is 11.6 Å². The van der Waals surface area contributed by atoms with Crippen molar-refractivity contribution in [1.29, 1.82) is 0 Å². The first-order valence-electron chi connectivity index (χ1n) is 12.1. The number of amides is 1. The van der Waals surface area contributed by atoms with Crippen LogP contribution in [0, 0.1) is 0 Å². The molecule has 2 N–H and O–H groups in total. The molecule has 0 unspecified atom stereocenters. The zero-order chi connectivity index (χ0) is 24.9. The fourth-order valence-electron chi connectivity index (χ4n) is 4.50. The summed E-state index contributed by atoms with van der Waals surface area (Å²) in [6, 6.07) is 21.1. The fourth-order valence-corrected chi connectivity index (χ4v) is 4.69. The number of carbonyl (C=O) groups is 1. The molecule has 0 radical (unpaired) electrons. The molecule has 0 aliphatic carbocycles. The highest BCUT2D eigenvalue weighted by Crippen LogP contribution is 2.25. The summed E-state index contributed by atoms with van der Waals surface area (Å²) < 4.78 is 0. The number of hydrogen-bond acceptors (Lipinski definition) is 5. The third-order valence-corrected chi connectivity index (χ3v) is 6.81. The van der Waals surface area contributed by atoms with E-state index in [9.17, 15) is 4.79 Å². The minimum atomic E-state index is -0.174. The van der Waals surface area contributed by atoms with Gasteiger partial charge in [0.25, 0.3) is 5.91 Å². The first kappa shape index (κ1) is 24.2. The van der Waals surface area contributed by atoms with Gasteiger partial charge in [-0.05, 0) is 48.5 Å². The van der Waals surface area contributed by atoms with E-state index < -0.39 is 0 Å². The number of fused-ring (bicyclic) bond motifs is 1. The highest BCUT2D eigenvalue weighted by Gasteiger charge is 2.23. The number of piperazine rings is 1. The summed E-state index contributed by atoms with van der Waals surface area (Å²) in [5.74, 6) is -0.174.